The molecule has 1 aliphatic heterocycles. The van der Waals surface area contributed by atoms with Gasteiger partial charge in [0.05, 0.1) is 6.54 Å². The summed E-state index contributed by atoms with van der Waals surface area (Å²) in [5.74, 6) is 0.505. The van der Waals surface area contributed by atoms with E-state index in [0.29, 0.717) is 39.1 Å². The Kier molecular flexibility index (Phi) is 8.07. The highest BCUT2D eigenvalue weighted by atomic mass is 79.9. The maximum absolute atomic E-state index is 12.5. The molecular weight excluding hydrogens is 468 g/mol. The van der Waals surface area contributed by atoms with Crippen molar-refractivity contribution in [3.63, 3.8) is 0 Å². The first kappa shape index (κ1) is 22.5. The Morgan fingerprint density at radius 1 is 1.13 bits per heavy atom. The lowest BCUT2D eigenvalue weighted by Crippen LogP contribution is -2.43. The van der Waals surface area contributed by atoms with Crippen LogP contribution in [0, 0.1) is 5.92 Å². The Hall–Kier alpha value is -2.16. The zero-order chi connectivity index (χ0) is 21.4. The Bertz CT molecular complexity index is 972. The van der Waals surface area contributed by atoms with E-state index in [-0.39, 0.29) is 11.8 Å². The summed E-state index contributed by atoms with van der Waals surface area (Å²) in [7, 11) is -3.49. The van der Waals surface area contributed by atoms with Gasteiger partial charge in [0.2, 0.25) is 15.9 Å². The molecule has 6 nitrogen and oxygen atoms in total. The molecule has 8 heteroatoms. The van der Waals surface area contributed by atoms with Crippen molar-refractivity contribution in [3.05, 3.63) is 70.0 Å². The predicted octanol–water partition coefficient (Wildman–Crippen LogP) is 3.66. The van der Waals surface area contributed by atoms with Crippen molar-refractivity contribution in [3.8, 4) is 5.75 Å². The summed E-state index contributed by atoms with van der Waals surface area (Å²) in [6.07, 6.45) is 2.62. The lowest BCUT2D eigenvalue weighted by atomic mass is 9.97. The third-order valence-corrected chi connectivity index (χ3v) is 6.94. The first-order valence-electron chi connectivity index (χ1n) is 9.83. The summed E-state index contributed by atoms with van der Waals surface area (Å²) in [5, 5.41) is 4.12. The molecule has 1 N–H and O–H groups in total. The van der Waals surface area contributed by atoms with Crippen LogP contribution in [0.2, 0.25) is 0 Å². The molecule has 2 aromatic carbocycles. The lowest BCUT2D eigenvalue weighted by Gasteiger charge is -2.29. The van der Waals surface area contributed by atoms with E-state index in [1.165, 1.54) is 9.71 Å². The molecule has 0 saturated carbocycles. The van der Waals surface area contributed by atoms with E-state index in [2.05, 4.69) is 21.2 Å². The molecule has 1 fully saturated rings. The van der Waals surface area contributed by atoms with E-state index < -0.39 is 10.0 Å². The predicted molar refractivity (Wildman–Crippen MR) is 121 cm³/mol. The Morgan fingerprint density at radius 2 is 1.87 bits per heavy atom. The van der Waals surface area contributed by atoms with Gasteiger partial charge in [-0.1, -0.05) is 52.3 Å². The number of carbonyl (C=O) groups is 1. The number of sulfonamides is 1. The average Bonchev–Trinajstić information content (AvgIpc) is 2.76. The molecule has 0 atom stereocenters. The Morgan fingerprint density at radius 3 is 2.57 bits per heavy atom. The molecule has 0 unspecified atom stereocenters. The van der Waals surface area contributed by atoms with Crippen LogP contribution in [0.15, 0.2) is 64.5 Å². The number of piperidine rings is 1. The van der Waals surface area contributed by atoms with Gasteiger partial charge in [-0.3, -0.25) is 4.79 Å². The van der Waals surface area contributed by atoms with Crippen molar-refractivity contribution in [2.24, 2.45) is 5.92 Å². The third kappa shape index (κ3) is 6.68. The van der Waals surface area contributed by atoms with Gasteiger partial charge in [-0.25, -0.2) is 8.42 Å². The molecule has 0 radical (unpaired) electrons. The van der Waals surface area contributed by atoms with Crippen molar-refractivity contribution in [2.45, 2.75) is 12.8 Å². The van der Waals surface area contributed by atoms with Crippen LogP contribution in [-0.2, 0) is 14.8 Å². The molecule has 1 amide bonds. The van der Waals surface area contributed by atoms with Crippen LogP contribution < -0.4 is 10.1 Å². The fraction of sp³-hybridized carbons (Fsp3) is 0.318. The fourth-order valence-corrected chi connectivity index (χ4v) is 4.83. The molecule has 0 aliphatic carbocycles. The molecule has 1 aliphatic rings. The SMILES string of the molecule is O=C(NCCOc1cccc(Br)c1)C1CCN(S(=O)(=O)C=Cc2ccccc2)CC1. The van der Waals surface area contributed by atoms with E-state index in [1.807, 2.05) is 54.6 Å². The highest BCUT2D eigenvalue weighted by molar-refractivity contribution is 9.10. The van der Waals surface area contributed by atoms with E-state index in [0.717, 1.165) is 15.8 Å². The monoisotopic (exact) mass is 492 g/mol. The molecule has 0 bridgehead atoms. The average molecular weight is 493 g/mol. The van der Waals surface area contributed by atoms with Gasteiger partial charge in [0.15, 0.2) is 0 Å². The maximum Gasteiger partial charge on any atom is 0.236 e. The minimum absolute atomic E-state index is 0.0512. The van der Waals surface area contributed by atoms with Gasteiger partial charge in [0.25, 0.3) is 0 Å². The number of benzene rings is 2. The fourth-order valence-electron chi connectivity index (χ4n) is 3.23. The molecular formula is C22H25BrN2O4S. The van der Waals surface area contributed by atoms with Crippen LogP contribution in [-0.4, -0.2) is 44.9 Å². The number of ether oxygens (including phenoxy) is 1. The van der Waals surface area contributed by atoms with Crippen molar-refractivity contribution in [1.29, 1.82) is 0 Å². The van der Waals surface area contributed by atoms with Gasteiger partial charge in [0.1, 0.15) is 12.4 Å². The number of hydrogen-bond donors (Lipinski definition) is 1. The van der Waals surface area contributed by atoms with Gasteiger partial charge in [0, 0.05) is 28.9 Å². The van der Waals surface area contributed by atoms with Crippen molar-refractivity contribution < 1.29 is 17.9 Å². The number of rotatable bonds is 8. The van der Waals surface area contributed by atoms with E-state index in [9.17, 15) is 13.2 Å². The first-order chi connectivity index (χ1) is 14.4. The minimum atomic E-state index is -3.49. The summed E-state index contributed by atoms with van der Waals surface area (Å²) < 4.78 is 33.0. The van der Waals surface area contributed by atoms with Crippen LogP contribution in [0.1, 0.15) is 18.4 Å². The lowest BCUT2D eigenvalue weighted by molar-refractivity contribution is -0.126. The standard InChI is InChI=1S/C22H25BrN2O4S/c23-20-7-4-8-21(17-20)29-15-12-24-22(26)19-9-13-25(14-10-19)30(27,28)16-11-18-5-2-1-3-6-18/h1-8,11,16-17,19H,9-10,12-15H2,(H,24,26). The zero-order valence-electron chi connectivity index (χ0n) is 16.5. The number of hydrogen-bond acceptors (Lipinski definition) is 4. The second-order valence-corrected chi connectivity index (χ2v) is 9.76. The molecule has 1 heterocycles. The maximum atomic E-state index is 12.5. The second-order valence-electron chi connectivity index (χ2n) is 7.03. The summed E-state index contributed by atoms with van der Waals surface area (Å²) in [4.78, 5) is 12.4. The van der Waals surface area contributed by atoms with E-state index in [1.54, 1.807) is 6.08 Å². The molecule has 160 valence electrons. The smallest absolute Gasteiger partial charge is 0.236 e. The van der Waals surface area contributed by atoms with Gasteiger partial charge in [-0.15, -0.1) is 0 Å². The third-order valence-electron chi connectivity index (χ3n) is 4.88. The number of amides is 1. The number of nitrogens with zero attached hydrogens (tertiary/aromatic N) is 1. The van der Waals surface area contributed by atoms with Crippen LogP contribution >= 0.6 is 15.9 Å². The summed E-state index contributed by atoms with van der Waals surface area (Å²) in [6.45, 7) is 1.46. The highest BCUT2D eigenvalue weighted by Gasteiger charge is 2.29. The van der Waals surface area contributed by atoms with Gasteiger partial charge in [-0.05, 0) is 42.7 Å². The van der Waals surface area contributed by atoms with Gasteiger partial charge < -0.3 is 10.1 Å². The molecule has 0 spiro atoms. The number of carbonyl (C=O) groups excluding carboxylic acids is 1. The largest absolute Gasteiger partial charge is 0.492 e. The second kappa shape index (κ2) is 10.7. The normalized spacial score (nSPS) is 15.9. The molecule has 2 aromatic rings. The number of halogens is 1. The van der Waals surface area contributed by atoms with Crippen LogP contribution in [0.4, 0.5) is 0 Å². The molecule has 3 rings (SSSR count). The quantitative estimate of drug-likeness (QED) is 0.570. The summed E-state index contributed by atoms with van der Waals surface area (Å²) in [5.41, 5.74) is 0.834. The van der Waals surface area contributed by atoms with E-state index >= 15 is 0 Å². The molecule has 0 aromatic heterocycles. The minimum Gasteiger partial charge on any atom is -0.492 e. The van der Waals surface area contributed by atoms with Crippen molar-refractivity contribution in [1.82, 2.24) is 9.62 Å². The zero-order valence-corrected chi connectivity index (χ0v) is 18.9. The first-order valence-corrected chi connectivity index (χ1v) is 12.1. The van der Waals surface area contributed by atoms with E-state index in [4.69, 9.17) is 4.74 Å². The Labute approximate surface area is 186 Å². The number of nitrogens with one attached hydrogen (secondary N) is 1. The summed E-state index contributed by atoms with van der Waals surface area (Å²) >= 11 is 3.39. The van der Waals surface area contributed by atoms with Gasteiger partial charge >= 0.3 is 0 Å². The van der Waals surface area contributed by atoms with Crippen LogP contribution in [0.3, 0.4) is 0 Å². The summed E-state index contributed by atoms with van der Waals surface area (Å²) in [6, 6.07) is 16.8. The Balaban J connectivity index is 1.41. The van der Waals surface area contributed by atoms with Gasteiger partial charge in [-0.2, -0.15) is 4.31 Å². The van der Waals surface area contributed by atoms with Crippen molar-refractivity contribution >= 4 is 37.9 Å². The highest BCUT2D eigenvalue weighted by Crippen LogP contribution is 2.21. The topological polar surface area (TPSA) is 75.7 Å². The molecule has 30 heavy (non-hydrogen) atoms. The van der Waals surface area contributed by atoms with Crippen LogP contribution in [0.25, 0.3) is 6.08 Å². The van der Waals surface area contributed by atoms with Crippen LogP contribution in [0.5, 0.6) is 5.75 Å². The molecule has 1 saturated heterocycles. The van der Waals surface area contributed by atoms with Crippen molar-refractivity contribution in [2.75, 3.05) is 26.2 Å².